The Morgan fingerprint density at radius 2 is 1.70 bits per heavy atom. The normalized spacial score (nSPS) is 11.9. The summed E-state index contributed by atoms with van der Waals surface area (Å²) in [5.41, 5.74) is 1.24. The van der Waals surface area contributed by atoms with Crippen LogP contribution >= 0.6 is 0 Å². The first-order valence-electron chi connectivity index (χ1n) is 7.03. The molecule has 122 valence electrons. The van der Waals surface area contributed by atoms with Crippen LogP contribution in [0.25, 0.3) is 0 Å². The number of benzene rings is 2. The fourth-order valence-electron chi connectivity index (χ4n) is 1.88. The minimum atomic E-state index is -2.96. The molecule has 0 spiro atoms. The summed E-state index contributed by atoms with van der Waals surface area (Å²) in [6.45, 7) is 0.556. The van der Waals surface area contributed by atoms with E-state index in [1.54, 1.807) is 31.2 Å². The van der Waals surface area contributed by atoms with Gasteiger partial charge in [-0.25, -0.2) is 0 Å². The zero-order valence-electron chi connectivity index (χ0n) is 12.8. The summed E-state index contributed by atoms with van der Waals surface area (Å²) in [7, 11) is 0. The molecule has 1 N–H and O–H groups in total. The third kappa shape index (κ3) is 4.95. The molecule has 1 amide bonds. The molecule has 0 aliphatic carbocycles. The molecule has 0 saturated carbocycles. The molecule has 0 aromatic heterocycles. The number of nitrogens with one attached hydrogen (secondary N) is 1. The predicted molar refractivity (Wildman–Crippen MR) is 83.0 cm³/mol. The van der Waals surface area contributed by atoms with Crippen molar-refractivity contribution < 1.29 is 23.0 Å². The van der Waals surface area contributed by atoms with Crippen molar-refractivity contribution in [3.8, 4) is 11.5 Å². The van der Waals surface area contributed by atoms with E-state index in [9.17, 15) is 13.6 Å². The van der Waals surface area contributed by atoms with Crippen LogP contribution in [0.2, 0.25) is 0 Å². The highest BCUT2D eigenvalue weighted by atomic mass is 19.3. The summed E-state index contributed by atoms with van der Waals surface area (Å²) in [6, 6.07) is 13.2. The van der Waals surface area contributed by atoms with E-state index in [0.717, 1.165) is 5.56 Å². The molecular formula is C17H17F2NO3. The topological polar surface area (TPSA) is 47.6 Å². The molecule has 0 aliphatic heterocycles. The highest BCUT2D eigenvalue weighted by molar-refractivity contribution is 5.95. The van der Waals surface area contributed by atoms with E-state index in [1.807, 2.05) is 19.1 Å². The van der Waals surface area contributed by atoms with E-state index in [4.69, 9.17) is 4.74 Å². The van der Waals surface area contributed by atoms with Crippen LogP contribution in [0.3, 0.4) is 0 Å². The Balaban J connectivity index is 2.02. The fraction of sp³-hybridized carbons (Fsp3) is 0.235. The van der Waals surface area contributed by atoms with Gasteiger partial charge in [0.05, 0.1) is 5.69 Å². The molecule has 0 fully saturated rings. The summed E-state index contributed by atoms with van der Waals surface area (Å²) >= 11 is 0. The molecule has 6 heteroatoms. The van der Waals surface area contributed by atoms with Crippen molar-refractivity contribution in [2.75, 3.05) is 5.32 Å². The van der Waals surface area contributed by atoms with E-state index >= 15 is 0 Å². The number of hydrogen-bond donors (Lipinski definition) is 1. The zero-order chi connectivity index (χ0) is 16.8. The van der Waals surface area contributed by atoms with Gasteiger partial charge in [-0.05, 0) is 38.1 Å². The van der Waals surface area contributed by atoms with Gasteiger partial charge in [0.2, 0.25) is 0 Å². The van der Waals surface area contributed by atoms with Gasteiger partial charge in [0.25, 0.3) is 5.91 Å². The standard InChI is InChI=1S/C17H17F2NO3/c1-11-7-9-13(10-8-11)22-12(2)16(21)20-14-5-3-4-6-15(14)23-17(18)19/h3-10,12,17H,1-2H3,(H,20,21). The molecule has 2 rings (SSSR count). The van der Waals surface area contributed by atoms with Crippen molar-refractivity contribution in [3.05, 3.63) is 54.1 Å². The van der Waals surface area contributed by atoms with Gasteiger partial charge in [-0.2, -0.15) is 8.78 Å². The number of hydrogen-bond acceptors (Lipinski definition) is 3. The Morgan fingerprint density at radius 3 is 2.35 bits per heavy atom. The minimum absolute atomic E-state index is 0.0987. The van der Waals surface area contributed by atoms with Crippen LogP contribution in [0.4, 0.5) is 14.5 Å². The van der Waals surface area contributed by atoms with Crippen molar-refractivity contribution in [3.63, 3.8) is 0 Å². The van der Waals surface area contributed by atoms with Gasteiger partial charge >= 0.3 is 6.61 Å². The van der Waals surface area contributed by atoms with Gasteiger partial charge in [0.15, 0.2) is 6.10 Å². The molecule has 0 radical (unpaired) electrons. The molecule has 0 heterocycles. The number of carbonyl (C=O) groups excluding carboxylic acids is 1. The Hall–Kier alpha value is -2.63. The number of rotatable bonds is 6. The second-order valence-electron chi connectivity index (χ2n) is 4.94. The van der Waals surface area contributed by atoms with E-state index in [1.165, 1.54) is 12.1 Å². The van der Waals surface area contributed by atoms with Crippen molar-refractivity contribution in [2.24, 2.45) is 0 Å². The van der Waals surface area contributed by atoms with Crippen molar-refractivity contribution >= 4 is 11.6 Å². The summed E-state index contributed by atoms with van der Waals surface area (Å²) in [4.78, 5) is 12.1. The molecular weight excluding hydrogens is 304 g/mol. The van der Waals surface area contributed by atoms with Crippen LogP contribution in [0.1, 0.15) is 12.5 Å². The molecule has 2 aromatic rings. The smallest absolute Gasteiger partial charge is 0.387 e. The van der Waals surface area contributed by atoms with Gasteiger partial charge in [-0.1, -0.05) is 29.8 Å². The quantitative estimate of drug-likeness (QED) is 0.875. The van der Waals surface area contributed by atoms with Crippen molar-refractivity contribution in [1.29, 1.82) is 0 Å². The van der Waals surface area contributed by atoms with Crippen molar-refractivity contribution in [1.82, 2.24) is 0 Å². The highest BCUT2D eigenvalue weighted by Gasteiger charge is 2.17. The average molecular weight is 321 g/mol. The molecule has 23 heavy (non-hydrogen) atoms. The lowest BCUT2D eigenvalue weighted by Crippen LogP contribution is -2.30. The second-order valence-corrected chi connectivity index (χ2v) is 4.94. The lowest BCUT2D eigenvalue weighted by atomic mass is 10.2. The van der Waals surface area contributed by atoms with Crippen LogP contribution < -0.4 is 14.8 Å². The first-order chi connectivity index (χ1) is 11.0. The van der Waals surface area contributed by atoms with Gasteiger partial charge in [0.1, 0.15) is 11.5 Å². The van der Waals surface area contributed by atoms with Crippen LogP contribution in [0.5, 0.6) is 11.5 Å². The molecule has 0 aliphatic rings. The van der Waals surface area contributed by atoms with E-state index in [2.05, 4.69) is 10.1 Å². The maximum absolute atomic E-state index is 12.4. The summed E-state index contributed by atoms with van der Waals surface area (Å²) in [5, 5.41) is 2.53. The van der Waals surface area contributed by atoms with E-state index in [0.29, 0.717) is 5.75 Å². The van der Waals surface area contributed by atoms with Gasteiger partial charge in [-0.3, -0.25) is 4.79 Å². The SMILES string of the molecule is Cc1ccc(OC(C)C(=O)Nc2ccccc2OC(F)F)cc1. The number of anilines is 1. The first kappa shape index (κ1) is 16.7. The third-order valence-corrected chi connectivity index (χ3v) is 3.06. The zero-order valence-corrected chi connectivity index (χ0v) is 12.8. The first-order valence-corrected chi connectivity index (χ1v) is 7.03. The van der Waals surface area contributed by atoms with Gasteiger partial charge in [-0.15, -0.1) is 0 Å². The van der Waals surface area contributed by atoms with Crippen LogP contribution in [0, 0.1) is 6.92 Å². The number of para-hydroxylation sites is 2. The number of alkyl halides is 2. The maximum atomic E-state index is 12.4. The maximum Gasteiger partial charge on any atom is 0.387 e. The molecule has 0 saturated heterocycles. The highest BCUT2D eigenvalue weighted by Crippen LogP contribution is 2.25. The van der Waals surface area contributed by atoms with E-state index in [-0.39, 0.29) is 11.4 Å². The molecule has 1 atom stereocenters. The van der Waals surface area contributed by atoms with Crippen LogP contribution in [-0.2, 0) is 4.79 Å². The van der Waals surface area contributed by atoms with Crippen molar-refractivity contribution in [2.45, 2.75) is 26.6 Å². The largest absolute Gasteiger partial charge is 0.481 e. The fourth-order valence-corrected chi connectivity index (χ4v) is 1.88. The van der Waals surface area contributed by atoms with Crippen LogP contribution in [0.15, 0.2) is 48.5 Å². The molecule has 2 aromatic carbocycles. The van der Waals surface area contributed by atoms with E-state index < -0.39 is 18.6 Å². The second kappa shape index (κ2) is 7.58. The predicted octanol–water partition coefficient (Wildman–Crippen LogP) is 4.00. The van der Waals surface area contributed by atoms with Gasteiger partial charge in [0, 0.05) is 0 Å². The van der Waals surface area contributed by atoms with Crippen LogP contribution in [-0.4, -0.2) is 18.6 Å². The number of ether oxygens (including phenoxy) is 2. The summed E-state index contributed by atoms with van der Waals surface area (Å²) < 4.78 is 34.6. The number of aryl methyl sites for hydroxylation is 1. The minimum Gasteiger partial charge on any atom is -0.481 e. The van der Waals surface area contributed by atoms with Gasteiger partial charge < -0.3 is 14.8 Å². The third-order valence-electron chi connectivity index (χ3n) is 3.06. The summed E-state index contributed by atoms with van der Waals surface area (Å²) in [6.07, 6.45) is -0.794. The molecule has 1 unspecified atom stereocenters. The number of amides is 1. The lowest BCUT2D eigenvalue weighted by molar-refractivity contribution is -0.122. The average Bonchev–Trinajstić information content (AvgIpc) is 2.51. The number of carbonyl (C=O) groups is 1. The number of halogens is 2. The molecule has 0 bridgehead atoms. The Kier molecular flexibility index (Phi) is 5.51. The molecule has 4 nitrogen and oxygen atoms in total. The Labute approximate surface area is 133 Å². The Bertz CT molecular complexity index is 659. The Morgan fingerprint density at radius 1 is 1.04 bits per heavy atom. The summed E-state index contributed by atoms with van der Waals surface area (Å²) in [5.74, 6) is -0.00959. The lowest BCUT2D eigenvalue weighted by Gasteiger charge is -2.16. The monoisotopic (exact) mass is 321 g/mol.